The molecule has 114 valence electrons. The molecule has 0 fully saturated rings. The molecule has 0 saturated heterocycles. The van der Waals surface area contributed by atoms with Crippen molar-refractivity contribution in [3.05, 3.63) is 47.9 Å². The summed E-state index contributed by atoms with van der Waals surface area (Å²) in [6.07, 6.45) is 1.70. The van der Waals surface area contributed by atoms with Crippen LogP contribution in [-0.4, -0.2) is 12.6 Å². The molecule has 2 rings (SSSR count). The number of hydrogen-bond donors (Lipinski definition) is 1. The molecule has 0 aliphatic rings. The Bertz CT molecular complexity index is 569. The van der Waals surface area contributed by atoms with Gasteiger partial charge in [-0.3, -0.25) is 0 Å². The van der Waals surface area contributed by atoms with E-state index in [0.29, 0.717) is 6.61 Å². The third kappa shape index (κ3) is 4.83. The highest BCUT2D eigenvalue weighted by molar-refractivity contribution is 5.33. The number of hydrogen-bond acceptors (Lipinski definition) is 4. The van der Waals surface area contributed by atoms with Crippen LogP contribution in [0.15, 0.2) is 41.0 Å². The third-order valence-electron chi connectivity index (χ3n) is 3.06. The zero-order valence-corrected chi connectivity index (χ0v) is 13.1. The molecule has 4 nitrogen and oxygen atoms in total. The molecule has 0 spiro atoms. The highest BCUT2D eigenvalue weighted by Crippen LogP contribution is 2.21. The Morgan fingerprint density at radius 2 is 1.90 bits per heavy atom. The Kier molecular flexibility index (Phi) is 4.91. The zero-order valence-electron chi connectivity index (χ0n) is 13.1. The second kappa shape index (κ2) is 6.68. The van der Waals surface area contributed by atoms with Crippen LogP contribution in [0.2, 0.25) is 0 Å². The average Bonchev–Trinajstić information content (AvgIpc) is 2.90. The van der Waals surface area contributed by atoms with E-state index in [2.05, 4.69) is 26.1 Å². The molecule has 1 aromatic heterocycles. The van der Waals surface area contributed by atoms with Gasteiger partial charge in [0.1, 0.15) is 23.9 Å². The topological polar surface area (TPSA) is 43.6 Å². The summed E-state index contributed by atoms with van der Waals surface area (Å²) in [5.41, 5.74) is 1.19. The fourth-order valence-corrected chi connectivity index (χ4v) is 1.85. The van der Waals surface area contributed by atoms with Crippen LogP contribution in [-0.2, 0) is 13.2 Å². The van der Waals surface area contributed by atoms with Crippen LogP contribution in [0.1, 0.15) is 32.1 Å². The lowest BCUT2D eigenvalue weighted by molar-refractivity contribution is 0.266. The van der Waals surface area contributed by atoms with Crippen LogP contribution in [0.3, 0.4) is 0 Å². The molecular formula is C17H23NO3. The van der Waals surface area contributed by atoms with E-state index in [1.165, 1.54) is 0 Å². The van der Waals surface area contributed by atoms with E-state index in [1.54, 1.807) is 13.4 Å². The van der Waals surface area contributed by atoms with Gasteiger partial charge in [-0.25, -0.2) is 0 Å². The first-order chi connectivity index (χ1) is 9.98. The third-order valence-corrected chi connectivity index (χ3v) is 3.06. The molecular weight excluding hydrogens is 266 g/mol. The van der Waals surface area contributed by atoms with Gasteiger partial charge < -0.3 is 19.2 Å². The lowest BCUT2D eigenvalue weighted by Gasteiger charge is -2.20. The Labute approximate surface area is 126 Å². The van der Waals surface area contributed by atoms with Crippen LogP contribution in [0.5, 0.6) is 11.5 Å². The van der Waals surface area contributed by atoms with Gasteiger partial charge in [0.25, 0.3) is 0 Å². The van der Waals surface area contributed by atoms with Crippen LogP contribution >= 0.6 is 0 Å². The van der Waals surface area contributed by atoms with Crippen molar-refractivity contribution in [2.45, 2.75) is 39.5 Å². The molecule has 1 heterocycles. The van der Waals surface area contributed by atoms with Crippen molar-refractivity contribution in [3.63, 3.8) is 0 Å². The van der Waals surface area contributed by atoms with Crippen LogP contribution < -0.4 is 14.8 Å². The highest BCUT2D eigenvalue weighted by atomic mass is 16.5. The minimum absolute atomic E-state index is 0.0716. The normalized spacial score (nSPS) is 11.4. The van der Waals surface area contributed by atoms with E-state index in [0.717, 1.165) is 29.4 Å². The fraction of sp³-hybridized carbons (Fsp3) is 0.412. The summed E-state index contributed by atoms with van der Waals surface area (Å²) in [5, 5.41) is 3.45. The van der Waals surface area contributed by atoms with Gasteiger partial charge in [-0.2, -0.15) is 0 Å². The van der Waals surface area contributed by atoms with E-state index in [9.17, 15) is 0 Å². The van der Waals surface area contributed by atoms with Crippen molar-refractivity contribution in [2.75, 3.05) is 7.11 Å². The maximum absolute atomic E-state index is 5.76. The van der Waals surface area contributed by atoms with E-state index < -0.39 is 0 Å². The average molecular weight is 289 g/mol. The van der Waals surface area contributed by atoms with Gasteiger partial charge >= 0.3 is 0 Å². The number of benzene rings is 1. The molecule has 0 aliphatic carbocycles. The fourth-order valence-electron chi connectivity index (χ4n) is 1.85. The summed E-state index contributed by atoms with van der Waals surface area (Å²) in [7, 11) is 1.64. The van der Waals surface area contributed by atoms with E-state index in [4.69, 9.17) is 13.9 Å². The molecule has 0 radical (unpaired) electrons. The molecule has 0 bridgehead atoms. The van der Waals surface area contributed by atoms with Crippen molar-refractivity contribution in [1.29, 1.82) is 0 Å². The first-order valence-electron chi connectivity index (χ1n) is 7.05. The molecule has 0 amide bonds. The van der Waals surface area contributed by atoms with Gasteiger partial charge in [-0.1, -0.05) is 6.07 Å². The Morgan fingerprint density at radius 1 is 1.14 bits per heavy atom. The van der Waals surface area contributed by atoms with Gasteiger partial charge in [0.2, 0.25) is 0 Å². The zero-order chi connectivity index (χ0) is 15.3. The molecule has 1 aromatic carbocycles. The smallest absolute Gasteiger partial charge is 0.146 e. The quantitative estimate of drug-likeness (QED) is 0.879. The van der Waals surface area contributed by atoms with Crippen molar-refractivity contribution in [3.8, 4) is 11.5 Å². The molecule has 0 unspecified atom stereocenters. The molecule has 0 saturated carbocycles. The summed E-state index contributed by atoms with van der Waals surface area (Å²) >= 11 is 0. The molecule has 2 aromatic rings. The number of nitrogens with one attached hydrogen (secondary N) is 1. The summed E-state index contributed by atoms with van der Waals surface area (Å²) in [6.45, 7) is 7.58. The van der Waals surface area contributed by atoms with Crippen molar-refractivity contribution < 1.29 is 13.9 Å². The Morgan fingerprint density at radius 3 is 2.62 bits per heavy atom. The molecule has 4 heteroatoms. The highest BCUT2D eigenvalue weighted by Gasteiger charge is 2.12. The van der Waals surface area contributed by atoms with E-state index in [1.807, 2.05) is 30.3 Å². The predicted molar refractivity (Wildman–Crippen MR) is 82.6 cm³/mol. The maximum atomic E-state index is 5.76. The summed E-state index contributed by atoms with van der Waals surface area (Å²) in [6, 6.07) is 9.52. The number of rotatable bonds is 6. The van der Waals surface area contributed by atoms with Crippen LogP contribution in [0.25, 0.3) is 0 Å². The van der Waals surface area contributed by atoms with Crippen molar-refractivity contribution >= 4 is 0 Å². The summed E-state index contributed by atoms with van der Waals surface area (Å²) in [4.78, 5) is 0. The van der Waals surface area contributed by atoms with Crippen LogP contribution in [0.4, 0.5) is 0 Å². The number of furan rings is 1. The molecule has 21 heavy (non-hydrogen) atoms. The van der Waals surface area contributed by atoms with Crippen LogP contribution in [0, 0.1) is 0 Å². The second-order valence-electron chi connectivity index (χ2n) is 5.94. The summed E-state index contributed by atoms with van der Waals surface area (Å²) in [5.74, 6) is 2.39. The minimum atomic E-state index is 0.0716. The maximum Gasteiger partial charge on any atom is 0.146 e. The lowest BCUT2D eigenvalue weighted by atomic mass is 10.1. The SMILES string of the molecule is COc1cccc(OCc2occc2CNC(C)(C)C)c1. The largest absolute Gasteiger partial charge is 0.497 e. The lowest BCUT2D eigenvalue weighted by Crippen LogP contribution is -2.35. The van der Waals surface area contributed by atoms with Crippen molar-refractivity contribution in [2.24, 2.45) is 0 Å². The predicted octanol–water partition coefficient (Wildman–Crippen LogP) is 3.76. The molecule has 0 atom stereocenters. The van der Waals surface area contributed by atoms with Gasteiger partial charge in [-0.05, 0) is 39.0 Å². The molecule has 0 aliphatic heterocycles. The Hall–Kier alpha value is -1.94. The van der Waals surface area contributed by atoms with Gasteiger partial charge in [0, 0.05) is 23.7 Å². The summed E-state index contributed by atoms with van der Waals surface area (Å²) < 4.78 is 16.5. The monoisotopic (exact) mass is 289 g/mol. The van der Waals surface area contributed by atoms with Gasteiger partial charge in [0.05, 0.1) is 13.4 Å². The van der Waals surface area contributed by atoms with E-state index >= 15 is 0 Å². The van der Waals surface area contributed by atoms with Gasteiger partial charge in [-0.15, -0.1) is 0 Å². The van der Waals surface area contributed by atoms with Gasteiger partial charge in [0.15, 0.2) is 0 Å². The first-order valence-corrected chi connectivity index (χ1v) is 7.05. The molecule has 1 N–H and O–H groups in total. The Balaban J connectivity index is 1.95. The first kappa shape index (κ1) is 15.4. The standard InChI is InChI=1S/C17H23NO3/c1-17(2,3)18-11-13-8-9-20-16(13)12-21-15-7-5-6-14(10-15)19-4/h5-10,18H,11-12H2,1-4H3. The number of ether oxygens (including phenoxy) is 2. The van der Waals surface area contributed by atoms with Crippen molar-refractivity contribution in [1.82, 2.24) is 5.32 Å². The minimum Gasteiger partial charge on any atom is -0.497 e. The second-order valence-corrected chi connectivity index (χ2v) is 5.94. The van der Waals surface area contributed by atoms with E-state index in [-0.39, 0.29) is 5.54 Å². The number of methoxy groups -OCH3 is 1.